The third-order valence-electron chi connectivity index (χ3n) is 6.56. The molecule has 11 heteroatoms. The molecule has 1 amide bonds. The van der Waals surface area contributed by atoms with Crippen molar-refractivity contribution in [1.29, 1.82) is 5.26 Å². The van der Waals surface area contributed by atoms with E-state index in [1.54, 1.807) is 36.5 Å². The van der Waals surface area contributed by atoms with Gasteiger partial charge in [-0.15, -0.1) is 17.5 Å². The number of benzene rings is 2. The highest BCUT2D eigenvalue weighted by Crippen LogP contribution is 2.28. The summed E-state index contributed by atoms with van der Waals surface area (Å²) in [4.78, 5) is 17.5. The molecular formula is C25H27Cl2N7O2. The van der Waals surface area contributed by atoms with Crippen LogP contribution in [0.1, 0.15) is 28.9 Å². The van der Waals surface area contributed by atoms with Crippen molar-refractivity contribution in [3.05, 3.63) is 64.9 Å². The number of carbonyl (C=O) groups excluding carboxylic acids is 1. The third kappa shape index (κ3) is 5.79. The van der Waals surface area contributed by atoms with Crippen molar-refractivity contribution in [3.8, 4) is 11.8 Å². The Morgan fingerprint density at radius 1 is 1.08 bits per heavy atom. The molecule has 2 aliphatic heterocycles. The van der Waals surface area contributed by atoms with Crippen LogP contribution in [0, 0.1) is 11.3 Å². The van der Waals surface area contributed by atoms with E-state index in [0.717, 1.165) is 63.6 Å². The number of nitrogens with one attached hydrogen (secondary N) is 1. The monoisotopic (exact) mass is 527 g/mol. The van der Waals surface area contributed by atoms with Gasteiger partial charge in [0, 0.05) is 42.9 Å². The van der Waals surface area contributed by atoms with E-state index in [9.17, 15) is 10.1 Å². The maximum Gasteiger partial charge on any atom is 0.277 e. The topological polar surface area (TPSA) is 99.3 Å². The van der Waals surface area contributed by atoms with Gasteiger partial charge in [0.05, 0.1) is 36.3 Å². The number of morpholine rings is 1. The first-order valence-corrected chi connectivity index (χ1v) is 12.1. The van der Waals surface area contributed by atoms with Gasteiger partial charge < -0.3 is 15.0 Å². The van der Waals surface area contributed by atoms with Gasteiger partial charge in [0.15, 0.2) is 5.69 Å². The van der Waals surface area contributed by atoms with E-state index >= 15 is 0 Å². The molecule has 3 aromatic rings. The summed E-state index contributed by atoms with van der Waals surface area (Å²) in [6.07, 6.45) is 3.68. The van der Waals surface area contributed by atoms with Crippen LogP contribution in [0.3, 0.4) is 0 Å². The number of hydrogen-bond acceptors (Lipinski definition) is 7. The molecule has 9 nitrogen and oxygen atoms in total. The lowest BCUT2D eigenvalue weighted by atomic mass is 10.0. The smallest absolute Gasteiger partial charge is 0.277 e. The van der Waals surface area contributed by atoms with Gasteiger partial charge in [-0.2, -0.15) is 5.26 Å². The first kappa shape index (κ1) is 25.9. The Balaban J connectivity index is 0.00000304. The Morgan fingerprint density at radius 2 is 1.81 bits per heavy atom. The second kappa shape index (κ2) is 11.7. The van der Waals surface area contributed by atoms with Gasteiger partial charge in [-0.3, -0.25) is 9.69 Å². The molecule has 2 saturated heterocycles. The van der Waals surface area contributed by atoms with Crippen LogP contribution < -0.4 is 10.2 Å². The van der Waals surface area contributed by atoms with Crippen molar-refractivity contribution in [2.75, 3.05) is 49.6 Å². The molecule has 2 aliphatic rings. The van der Waals surface area contributed by atoms with Gasteiger partial charge >= 0.3 is 0 Å². The normalized spacial score (nSPS) is 16.7. The van der Waals surface area contributed by atoms with Crippen molar-refractivity contribution in [2.24, 2.45) is 0 Å². The molecule has 1 N–H and O–H groups in total. The number of amides is 1. The Bertz CT molecular complexity index is 1230. The van der Waals surface area contributed by atoms with E-state index in [1.807, 2.05) is 12.1 Å². The van der Waals surface area contributed by atoms with Gasteiger partial charge in [-0.1, -0.05) is 16.8 Å². The van der Waals surface area contributed by atoms with Crippen LogP contribution >= 0.6 is 24.0 Å². The number of piperidine rings is 1. The molecule has 2 aromatic carbocycles. The Morgan fingerprint density at radius 3 is 2.50 bits per heavy atom. The number of anilines is 2. The molecule has 3 heterocycles. The van der Waals surface area contributed by atoms with E-state index in [2.05, 4.69) is 31.5 Å². The molecule has 188 valence electrons. The molecule has 0 radical (unpaired) electrons. The number of nitrogens with zero attached hydrogens (tertiary/aromatic N) is 6. The molecule has 36 heavy (non-hydrogen) atoms. The Kier molecular flexibility index (Phi) is 8.44. The van der Waals surface area contributed by atoms with Crippen LogP contribution in [0.15, 0.2) is 48.7 Å². The standard InChI is InChI=1S/C25H26ClN7O2.ClH/c26-19-1-4-22(5-2-19)33-17-23(29-30-33)25(34)28-20-3-6-24(18(15-20)16-27)32-9-7-21(8-10-32)31-11-13-35-14-12-31;/h1-6,15,17,21H,7-14H2,(H,28,34);1H. The predicted molar refractivity (Wildman–Crippen MR) is 140 cm³/mol. The van der Waals surface area contributed by atoms with Crippen LogP contribution in [-0.4, -0.2) is 71.2 Å². The quantitative estimate of drug-likeness (QED) is 0.538. The lowest BCUT2D eigenvalue weighted by Gasteiger charge is -2.41. The summed E-state index contributed by atoms with van der Waals surface area (Å²) in [6, 6.07) is 15.4. The number of halogens is 2. The molecule has 0 unspecified atom stereocenters. The zero-order valence-corrected chi connectivity index (χ0v) is 21.2. The van der Waals surface area contributed by atoms with Crippen molar-refractivity contribution in [2.45, 2.75) is 18.9 Å². The molecule has 1 aromatic heterocycles. The van der Waals surface area contributed by atoms with Crippen LogP contribution in [0.2, 0.25) is 5.02 Å². The minimum Gasteiger partial charge on any atom is -0.379 e. The summed E-state index contributed by atoms with van der Waals surface area (Å²) in [5, 5.41) is 21.2. The first-order chi connectivity index (χ1) is 17.1. The van der Waals surface area contributed by atoms with Crippen LogP contribution in [0.25, 0.3) is 5.69 Å². The second-order valence-electron chi connectivity index (χ2n) is 8.69. The zero-order valence-electron chi connectivity index (χ0n) is 19.6. The lowest BCUT2D eigenvalue weighted by Crippen LogP contribution is -2.49. The van der Waals surface area contributed by atoms with E-state index in [1.165, 1.54) is 4.68 Å². The fraction of sp³-hybridized carbons (Fsp3) is 0.360. The van der Waals surface area contributed by atoms with Crippen molar-refractivity contribution in [1.82, 2.24) is 19.9 Å². The molecule has 0 bridgehead atoms. The highest BCUT2D eigenvalue weighted by Gasteiger charge is 2.27. The second-order valence-corrected chi connectivity index (χ2v) is 9.13. The van der Waals surface area contributed by atoms with E-state index < -0.39 is 5.91 Å². The van der Waals surface area contributed by atoms with Crippen LogP contribution in [0.5, 0.6) is 0 Å². The Labute approximate surface area is 221 Å². The van der Waals surface area contributed by atoms with Crippen LogP contribution in [0.4, 0.5) is 11.4 Å². The minimum atomic E-state index is -0.395. The molecule has 0 spiro atoms. The van der Waals surface area contributed by atoms with Gasteiger partial charge in [0.1, 0.15) is 6.07 Å². The molecule has 5 rings (SSSR count). The van der Waals surface area contributed by atoms with E-state index in [0.29, 0.717) is 22.3 Å². The molecule has 0 saturated carbocycles. The number of ether oxygens (including phenoxy) is 1. The predicted octanol–water partition coefficient (Wildman–Crippen LogP) is 3.77. The van der Waals surface area contributed by atoms with Crippen molar-refractivity contribution < 1.29 is 9.53 Å². The van der Waals surface area contributed by atoms with Crippen LogP contribution in [-0.2, 0) is 4.74 Å². The molecule has 2 fully saturated rings. The average molecular weight is 528 g/mol. The summed E-state index contributed by atoms with van der Waals surface area (Å²) in [5.41, 5.74) is 2.90. The maximum atomic E-state index is 12.7. The molecule has 0 atom stereocenters. The zero-order chi connectivity index (χ0) is 24.2. The summed E-state index contributed by atoms with van der Waals surface area (Å²) >= 11 is 5.93. The van der Waals surface area contributed by atoms with Gasteiger partial charge in [0.2, 0.25) is 0 Å². The Hall–Kier alpha value is -3.16. The van der Waals surface area contributed by atoms with E-state index in [4.69, 9.17) is 16.3 Å². The van der Waals surface area contributed by atoms with Crippen molar-refractivity contribution >= 4 is 41.3 Å². The summed E-state index contributed by atoms with van der Waals surface area (Å²) in [6.45, 7) is 5.41. The lowest BCUT2D eigenvalue weighted by molar-refractivity contribution is 0.0115. The SMILES string of the molecule is Cl.N#Cc1cc(NC(=O)c2cn(-c3ccc(Cl)cc3)nn2)ccc1N1CCC(N2CCOCC2)CC1. The highest BCUT2D eigenvalue weighted by atomic mass is 35.5. The number of aromatic nitrogens is 3. The highest BCUT2D eigenvalue weighted by molar-refractivity contribution is 6.30. The number of rotatable bonds is 5. The number of nitriles is 1. The largest absolute Gasteiger partial charge is 0.379 e. The first-order valence-electron chi connectivity index (χ1n) is 11.7. The van der Waals surface area contributed by atoms with Gasteiger partial charge in [-0.25, -0.2) is 4.68 Å². The number of hydrogen-bond donors (Lipinski definition) is 1. The molecule has 0 aliphatic carbocycles. The fourth-order valence-corrected chi connectivity index (χ4v) is 4.80. The van der Waals surface area contributed by atoms with Gasteiger partial charge in [0.25, 0.3) is 5.91 Å². The maximum absolute atomic E-state index is 12.7. The van der Waals surface area contributed by atoms with Crippen molar-refractivity contribution in [3.63, 3.8) is 0 Å². The third-order valence-corrected chi connectivity index (χ3v) is 6.81. The molecular weight excluding hydrogens is 501 g/mol. The summed E-state index contributed by atoms with van der Waals surface area (Å²) < 4.78 is 6.98. The summed E-state index contributed by atoms with van der Waals surface area (Å²) in [5.74, 6) is -0.395. The minimum absolute atomic E-state index is 0. The average Bonchev–Trinajstić information content (AvgIpc) is 3.40. The summed E-state index contributed by atoms with van der Waals surface area (Å²) in [7, 11) is 0. The number of carbonyl (C=O) groups is 1. The van der Waals surface area contributed by atoms with Gasteiger partial charge in [-0.05, 0) is 55.3 Å². The van der Waals surface area contributed by atoms with E-state index in [-0.39, 0.29) is 18.1 Å². The fourth-order valence-electron chi connectivity index (χ4n) is 4.68.